The molecule has 0 amide bonds. The summed E-state index contributed by atoms with van der Waals surface area (Å²) in [5, 5.41) is 3.25. The zero-order valence-electron chi connectivity index (χ0n) is 15.6. The second-order valence-corrected chi connectivity index (χ2v) is 6.58. The van der Waals surface area contributed by atoms with E-state index >= 15 is 0 Å². The van der Waals surface area contributed by atoms with Crippen LogP contribution in [-0.4, -0.2) is 28.1 Å². The molecule has 2 aromatic carbocycles. The summed E-state index contributed by atoms with van der Waals surface area (Å²) in [5.41, 5.74) is 4.69. The second kappa shape index (κ2) is 7.61. The van der Waals surface area contributed by atoms with E-state index in [1.165, 1.54) is 16.8 Å². The minimum atomic E-state index is 0.521. The van der Waals surface area contributed by atoms with Crippen molar-refractivity contribution in [2.75, 3.05) is 23.4 Å². The molecule has 1 aromatic heterocycles. The van der Waals surface area contributed by atoms with Gasteiger partial charge in [-0.3, -0.25) is 0 Å². The molecule has 0 radical (unpaired) electrons. The molecule has 2 heterocycles. The van der Waals surface area contributed by atoms with Crippen LogP contribution in [0.1, 0.15) is 24.5 Å². The van der Waals surface area contributed by atoms with E-state index in [9.17, 15) is 0 Å². The molecule has 0 saturated carbocycles. The number of ether oxygens (including phenoxy) is 1. The number of hydrogen-bond acceptors (Lipinski definition) is 6. The molecule has 0 saturated heterocycles. The normalized spacial score (nSPS) is 13.2. The zero-order valence-corrected chi connectivity index (χ0v) is 15.6. The molecular weight excluding hydrogens is 338 g/mol. The number of nitrogens with zero attached hydrogens (tertiary/aromatic N) is 4. The quantitative estimate of drug-likeness (QED) is 0.726. The first-order valence-electron chi connectivity index (χ1n) is 9.29. The predicted octanol–water partition coefficient (Wildman–Crippen LogP) is 4.41. The number of aromatic nitrogens is 3. The van der Waals surface area contributed by atoms with E-state index < -0.39 is 0 Å². The smallest absolute Gasteiger partial charge is 0.234 e. The molecule has 27 heavy (non-hydrogen) atoms. The van der Waals surface area contributed by atoms with Gasteiger partial charge in [-0.05, 0) is 50.5 Å². The average Bonchev–Trinajstić information content (AvgIpc) is 2.68. The van der Waals surface area contributed by atoms with Gasteiger partial charge in [0.05, 0.1) is 6.61 Å². The maximum absolute atomic E-state index is 5.55. The van der Waals surface area contributed by atoms with E-state index in [0.717, 1.165) is 30.8 Å². The van der Waals surface area contributed by atoms with Gasteiger partial charge in [0.1, 0.15) is 12.1 Å². The van der Waals surface area contributed by atoms with E-state index in [2.05, 4.69) is 50.3 Å². The monoisotopic (exact) mass is 361 g/mol. The molecule has 0 fully saturated rings. The van der Waals surface area contributed by atoms with Gasteiger partial charge in [-0.25, -0.2) is 9.97 Å². The van der Waals surface area contributed by atoms with Crippen LogP contribution in [0.4, 0.5) is 23.3 Å². The van der Waals surface area contributed by atoms with Gasteiger partial charge >= 0.3 is 0 Å². The number of aryl methyl sites for hydroxylation is 2. The van der Waals surface area contributed by atoms with Crippen LogP contribution in [-0.2, 0) is 6.42 Å². The third kappa shape index (κ3) is 3.84. The van der Waals surface area contributed by atoms with Crippen molar-refractivity contribution in [3.8, 4) is 5.75 Å². The molecule has 4 rings (SSSR count). The molecule has 0 unspecified atom stereocenters. The highest BCUT2D eigenvalue weighted by atomic mass is 16.5. The van der Waals surface area contributed by atoms with E-state index in [0.29, 0.717) is 18.5 Å². The highest BCUT2D eigenvalue weighted by molar-refractivity contribution is 5.65. The lowest BCUT2D eigenvalue weighted by Gasteiger charge is -2.29. The number of benzene rings is 2. The summed E-state index contributed by atoms with van der Waals surface area (Å²) in [7, 11) is 0. The summed E-state index contributed by atoms with van der Waals surface area (Å²) in [6.45, 7) is 5.63. The molecular formula is C21H23N5O. The van der Waals surface area contributed by atoms with Crippen LogP contribution in [0.5, 0.6) is 5.75 Å². The first kappa shape index (κ1) is 17.3. The predicted molar refractivity (Wildman–Crippen MR) is 107 cm³/mol. The van der Waals surface area contributed by atoms with Crippen molar-refractivity contribution < 1.29 is 4.74 Å². The van der Waals surface area contributed by atoms with Gasteiger partial charge in [0.2, 0.25) is 11.9 Å². The molecule has 0 atom stereocenters. The first-order chi connectivity index (χ1) is 13.2. The van der Waals surface area contributed by atoms with Crippen molar-refractivity contribution >= 4 is 23.3 Å². The maximum atomic E-state index is 5.55. The fraction of sp³-hybridized carbons (Fsp3) is 0.286. The standard InChI is InChI=1S/C21H23N5O/c1-3-27-18-8-4-7-17(13-18)24-20-22-14-23-21(25-20)26-11-5-6-16-12-15(2)9-10-19(16)26/h4,7-10,12-14H,3,5-6,11H2,1-2H3,(H,22,23,24,25). The molecule has 0 spiro atoms. The molecule has 0 bridgehead atoms. The van der Waals surface area contributed by atoms with Gasteiger partial charge in [0, 0.05) is 24.0 Å². The molecule has 1 aliphatic heterocycles. The van der Waals surface area contributed by atoms with Crippen molar-refractivity contribution in [1.29, 1.82) is 0 Å². The molecule has 6 nitrogen and oxygen atoms in total. The van der Waals surface area contributed by atoms with Gasteiger partial charge in [-0.2, -0.15) is 4.98 Å². The van der Waals surface area contributed by atoms with Crippen molar-refractivity contribution in [3.63, 3.8) is 0 Å². The Labute approximate surface area is 159 Å². The zero-order chi connectivity index (χ0) is 18.6. The van der Waals surface area contributed by atoms with Crippen molar-refractivity contribution in [3.05, 3.63) is 59.9 Å². The van der Waals surface area contributed by atoms with E-state index in [1.807, 2.05) is 31.2 Å². The van der Waals surface area contributed by atoms with E-state index in [1.54, 1.807) is 6.33 Å². The summed E-state index contributed by atoms with van der Waals surface area (Å²) in [6.07, 6.45) is 3.73. The van der Waals surface area contributed by atoms with Crippen LogP contribution in [0.15, 0.2) is 48.8 Å². The topological polar surface area (TPSA) is 63.2 Å². The summed E-state index contributed by atoms with van der Waals surface area (Å²) in [6, 6.07) is 14.3. The maximum Gasteiger partial charge on any atom is 0.234 e. The average molecular weight is 361 g/mol. The Bertz CT molecular complexity index is 943. The van der Waals surface area contributed by atoms with E-state index in [4.69, 9.17) is 4.74 Å². The lowest BCUT2D eigenvalue weighted by atomic mass is 10.00. The number of anilines is 4. The minimum absolute atomic E-state index is 0.521. The second-order valence-electron chi connectivity index (χ2n) is 6.58. The molecule has 1 N–H and O–H groups in total. The third-order valence-corrected chi connectivity index (χ3v) is 4.56. The van der Waals surface area contributed by atoms with Gasteiger partial charge in [0.25, 0.3) is 0 Å². The summed E-state index contributed by atoms with van der Waals surface area (Å²) in [5.74, 6) is 2.00. The molecule has 138 valence electrons. The molecule has 6 heteroatoms. The van der Waals surface area contributed by atoms with E-state index in [-0.39, 0.29) is 0 Å². The first-order valence-corrected chi connectivity index (χ1v) is 9.29. The SMILES string of the molecule is CCOc1cccc(Nc2ncnc(N3CCCc4cc(C)ccc43)n2)c1. The Kier molecular flexibility index (Phi) is 4.87. The Hall–Kier alpha value is -3.15. The highest BCUT2D eigenvalue weighted by Gasteiger charge is 2.20. The van der Waals surface area contributed by atoms with Gasteiger partial charge < -0.3 is 15.0 Å². The summed E-state index contributed by atoms with van der Waals surface area (Å²) in [4.78, 5) is 15.5. The summed E-state index contributed by atoms with van der Waals surface area (Å²) < 4.78 is 5.55. The Morgan fingerprint density at radius 2 is 2.07 bits per heavy atom. The fourth-order valence-electron chi connectivity index (χ4n) is 3.37. The van der Waals surface area contributed by atoms with Crippen molar-refractivity contribution in [2.24, 2.45) is 0 Å². The van der Waals surface area contributed by atoms with Crippen LogP contribution in [0, 0.1) is 6.92 Å². The number of rotatable bonds is 5. The number of nitrogens with one attached hydrogen (secondary N) is 1. The van der Waals surface area contributed by atoms with Crippen LogP contribution >= 0.6 is 0 Å². The van der Waals surface area contributed by atoms with Crippen LogP contribution in [0.2, 0.25) is 0 Å². The van der Waals surface area contributed by atoms with Gasteiger partial charge in [-0.15, -0.1) is 0 Å². The van der Waals surface area contributed by atoms with Gasteiger partial charge in [-0.1, -0.05) is 23.8 Å². The van der Waals surface area contributed by atoms with Crippen molar-refractivity contribution in [1.82, 2.24) is 15.0 Å². The van der Waals surface area contributed by atoms with Crippen LogP contribution in [0.25, 0.3) is 0 Å². The lowest BCUT2D eigenvalue weighted by molar-refractivity contribution is 0.340. The minimum Gasteiger partial charge on any atom is -0.494 e. The highest BCUT2D eigenvalue weighted by Crippen LogP contribution is 2.32. The largest absolute Gasteiger partial charge is 0.494 e. The lowest BCUT2D eigenvalue weighted by Crippen LogP contribution is -2.26. The van der Waals surface area contributed by atoms with Crippen LogP contribution < -0.4 is 15.0 Å². The van der Waals surface area contributed by atoms with Crippen LogP contribution in [0.3, 0.4) is 0 Å². The van der Waals surface area contributed by atoms with Gasteiger partial charge in [0.15, 0.2) is 0 Å². The summed E-state index contributed by atoms with van der Waals surface area (Å²) >= 11 is 0. The molecule has 3 aromatic rings. The fourth-order valence-corrected chi connectivity index (χ4v) is 3.37. The molecule has 0 aliphatic carbocycles. The number of hydrogen-bond donors (Lipinski definition) is 1. The van der Waals surface area contributed by atoms with Crippen molar-refractivity contribution in [2.45, 2.75) is 26.7 Å². The Balaban J connectivity index is 1.60. The number of fused-ring (bicyclic) bond motifs is 1. The Morgan fingerprint density at radius 1 is 1.15 bits per heavy atom. The third-order valence-electron chi connectivity index (χ3n) is 4.56. The molecule has 1 aliphatic rings. The Morgan fingerprint density at radius 3 is 2.96 bits per heavy atom.